The van der Waals surface area contributed by atoms with Gasteiger partial charge >= 0.3 is 0 Å². The third-order valence-electron chi connectivity index (χ3n) is 6.18. The minimum absolute atomic E-state index is 0. The Hall–Kier alpha value is -2.50. The van der Waals surface area contributed by atoms with Gasteiger partial charge in [-0.15, -0.1) is 28.9 Å². The van der Waals surface area contributed by atoms with Crippen LogP contribution < -0.4 is 10.4 Å². The van der Waals surface area contributed by atoms with Crippen molar-refractivity contribution in [3.8, 4) is 22.4 Å². The second-order valence-electron chi connectivity index (χ2n) is 8.97. The Kier molecular flexibility index (Phi) is 6.71. The van der Waals surface area contributed by atoms with Crippen molar-refractivity contribution in [2.24, 2.45) is 0 Å². The van der Waals surface area contributed by atoms with E-state index in [2.05, 4.69) is 79.8 Å². The molecule has 0 aliphatic carbocycles. The van der Waals surface area contributed by atoms with Gasteiger partial charge in [0.25, 0.3) is 0 Å². The van der Waals surface area contributed by atoms with E-state index in [-0.39, 0.29) is 31.6 Å². The maximum Gasteiger partial charge on any atom is 0.155 e. The van der Waals surface area contributed by atoms with E-state index in [0.29, 0.717) is 0 Å². The maximum absolute atomic E-state index is 10.0. The minimum atomic E-state index is -1.66. The van der Waals surface area contributed by atoms with E-state index >= 15 is 0 Å². The van der Waals surface area contributed by atoms with Crippen LogP contribution in [0.1, 0.15) is 13.8 Å². The number of carbonyl (C=O) groups is 1. The van der Waals surface area contributed by atoms with Gasteiger partial charge in [0.05, 0.1) is 19.3 Å². The normalized spacial score (nSPS) is 14.2. The number of pyridine rings is 1. The molecule has 2 aliphatic rings. The first-order chi connectivity index (χ1) is 15.8. The van der Waals surface area contributed by atoms with Gasteiger partial charge < -0.3 is 5.11 Å². The standard InChI is InChI=1S/C23H16NSSi.C5H8O2.Ir/c1-26(2)19-11-5-8-15-21(19)22-17(10-6-12-20(22)26)25-18-13-14-7-3-4-9-16(14)24-23(15)18;1-4(6)3-5(2)7;/h3-7,9-13H,1-2H3;3,6H,1-2H3;/q-1;;/b;4-3-;. The minimum Gasteiger partial charge on any atom is -0.512 e. The molecule has 1 N–H and O–H groups in total. The number of aromatic nitrogens is 1. The van der Waals surface area contributed by atoms with Gasteiger partial charge in [0, 0.05) is 36.8 Å². The smallest absolute Gasteiger partial charge is 0.155 e. The Balaban J connectivity index is 0.000000303. The van der Waals surface area contributed by atoms with Gasteiger partial charge in [0.2, 0.25) is 0 Å². The van der Waals surface area contributed by atoms with Crippen molar-refractivity contribution in [2.45, 2.75) is 36.7 Å². The number of ketones is 1. The van der Waals surface area contributed by atoms with E-state index in [9.17, 15) is 4.79 Å². The summed E-state index contributed by atoms with van der Waals surface area (Å²) >= 11 is 1.86. The van der Waals surface area contributed by atoms with Crippen molar-refractivity contribution >= 4 is 46.9 Å². The summed E-state index contributed by atoms with van der Waals surface area (Å²) in [6.45, 7) is 7.78. The van der Waals surface area contributed by atoms with Crippen LogP contribution in [0.2, 0.25) is 13.1 Å². The molecule has 2 aliphatic heterocycles. The fourth-order valence-electron chi connectivity index (χ4n) is 4.77. The van der Waals surface area contributed by atoms with Crippen LogP contribution in [0, 0.1) is 6.07 Å². The molecule has 0 unspecified atom stereocenters. The number of aliphatic hydroxyl groups is 1. The first-order valence-electron chi connectivity index (χ1n) is 10.9. The number of fused-ring (bicyclic) bond motifs is 3. The van der Waals surface area contributed by atoms with Crippen LogP contribution in [-0.2, 0) is 24.9 Å². The summed E-state index contributed by atoms with van der Waals surface area (Å²) in [5, 5.41) is 12.6. The Morgan fingerprint density at radius 2 is 1.74 bits per heavy atom. The average Bonchev–Trinajstić information content (AvgIpc) is 2.92. The summed E-state index contributed by atoms with van der Waals surface area (Å²) in [5.41, 5.74) is 6.15. The molecule has 3 aromatic carbocycles. The fourth-order valence-corrected chi connectivity index (χ4v) is 9.05. The Morgan fingerprint density at radius 1 is 1.00 bits per heavy atom. The van der Waals surface area contributed by atoms with Crippen LogP contribution in [-0.4, -0.2) is 23.9 Å². The number of carbonyl (C=O) groups excluding carboxylic acids is 1. The molecule has 3 heterocycles. The molecule has 6 rings (SSSR count). The molecule has 0 spiro atoms. The second kappa shape index (κ2) is 9.27. The SMILES string of the molecule is CC(=O)/C=C(/C)O.C[Si]1(C)c2cc[c-]c3c2-c2c(cccc21)Sc1cc2ccccc2nc1-3.[Ir]. The van der Waals surface area contributed by atoms with Crippen LogP contribution in [0.5, 0.6) is 0 Å². The third-order valence-corrected chi connectivity index (χ3v) is 10.8. The molecule has 1 aromatic heterocycles. The summed E-state index contributed by atoms with van der Waals surface area (Å²) in [6, 6.07) is 25.5. The second-order valence-corrected chi connectivity index (χ2v) is 14.4. The zero-order valence-electron chi connectivity index (χ0n) is 19.4. The van der Waals surface area contributed by atoms with Crippen molar-refractivity contribution in [3.63, 3.8) is 0 Å². The average molecular weight is 659 g/mol. The molecule has 0 amide bonds. The van der Waals surface area contributed by atoms with Crippen molar-refractivity contribution in [2.75, 3.05) is 0 Å². The number of allylic oxidation sites excluding steroid dienone is 2. The topological polar surface area (TPSA) is 50.2 Å². The summed E-state index contributed by atoms with van der Waals surface area (Å²) in [5.74, 6) is -0.0625. The van der Waals surface area contributed by atoms with Gasteiger partial charge in [0.15, 0.2) is 5.78 Å². The molecule has 3 nitrogen and oxygen atoms in total. The Labute approximate surface area is 218 Å². The van der Waals surface area contributed by atoms with E-state index in [1.165, 1.54) is 57.0 Å². The van der Waals surface area contributed by atoms with Crippen molar-refractivity contribution in [3.05, 3.63) is 78.6 Å². The third kappa shape index (κ3) is 4.09. The fraction of sp³-hybridized carbons (Fsp3) is 0.143. The van der Waals surface area contributed by atoms with Crippen LogP contribution >= 0.6 is 11.8 Å². The number of aliphatic hydroxyl groups excluding tert-OH is 1. The molecular formula is C28H24IrNO2SSi-. The number of para-hydroxylation sites is 1. The predicted molar refractivity (Wildman–Crippen MR) is 139 cm³/mol. The molecule has 34 heavy (non-hydrogen) atoms. The molecule has 6 heteroatoms. The molecule has 1 radical (unpaired) electrons. The van der Waals surface area contributed by atoms with E-state index < -0.39 is 8.07 Å². The van der Waals surface area contributed by atoms with Crippen molar-refractivity contribution < 1.29 is 30.0 Å². The molecule has 173 valence electrons. The number of hydrogen-bond acceptors (Lipinski definition) is 4. The zero-order chi connectivity index (χ0) is 23.3. The number of hydrogen-bond donors (Lipinski definition) is 1. The Morgan fingerprint density at radius 3 is 2.44 bits per heavy atom. The summed E-state index contributed by atoms with van der Waals surface area (Å²) < 4.78 is 0. The molecule has 0 fully saturated rings. The van der Waals surface area contributed by atoms with E-state index in [4.69, 9.17) is 10.1 Å². The van der Waals surface area contributed by atoms with Gasteiger partial charge in [-0.3, -0.25) is 9.78 Å². The van der Waals surface area contributed by atoms with Crippen molar-refractivity contribution in [1.29, 1.82) is 0 Å². The molecule has 0 saturated heterocycles. The van der Waals surface area contributed by atoms with Crippen molar-refractivity contribution in [1.82, 2.24) is 4.98 Å². The molecule has 4 aromatic rings. The van der Waals surface area contributed by atoms with E-state index in [1.807, 2.05) is 11.8 Å². The monoisotopic (exact) mass is 659 g/mol. The number of nitrogens with zero attached hydrogens (tertiary/aromatic N) is 1. The van der Waals surface area contributed by atoms with Crippen LogP contribution in [0.3, 0.4) is 0 Å². The zero-order valence-corrected chi connectivity index (χ0v) is 23.6. The van der Waals surface area contributed by atoms with Gasteiger partial charge in [-0.25, -0.2) is 0 Å². The number of benzene rings is 3. The molecule has 0 saturated carbocycles. The summed E-state index contributed by atoms with van der Waals surface area (Å²) in [7, 11) is -1.66. The molecule has 0 atom stereocenters. The summed E-state index contributed by atoms with van der Waals surface area (Å²) in [4.78, 5) is 17.7. The summed E-state index contributed by atoms with van der Waals surface area (Å²) in [6.07, 6.45) is 1.17. The van der Waals surface area contributed by atoms with Gasteiger partial charge in [-0.2, -0.15) is 0 Å². The van der Waals surface area contributed by atoms with Crippen LogP contribution in [0.25, 0.3) is 33.3 Å². The quantitative estimate of drug-likeness (QED) is 0.104. The van der Waals surface area contributed by atoms with Crippen LogP contribution in [0.4, 0.5) is 0 Å². The Bertz CT molecular complexity index is 1480. The number of rotatable bonds is 1. The van der Waals surface area contributed by atoms with Crippen LogP contribution in [0.15, 0.2) is 82.3 Å². The van der Waals surface area contributed by atoms with Gasteiger partial charge in [0.1, 0.15) is 0 Å². The maximum atomic E-state index is 10.0. The molecular weight excluding hydrogens is 635 g/mol. The van der Waals surface area contributed by atoms with Gasteiger partial charge in [-0.05, 0) is 47.9 Å². The van der Waals surface area contributed by atoms with E-state index in [1.54, 1.807) is 5.19 Å². The van der Waals surface area contributed by atoms with Gasteiger partial charge in [-0.1, -0.05) is 65.9 Å². The predicted octanol–water partition coefficient (Wildman–Crippen LogP) is 6.00. The van der Waals surface area contributed by atoms with E-state index in [0.717, 1.165) is 11.2 Å². The largest absolute Gasteiger partial charge is 0.512 e. The first-order valence-corrected chi connectivity index (χ1v) is 14.7. The molecule has 0 bridgehead atoms. The first kappa shape index (κ1) is 24.6.